The highest BCUT2D eigenvalue weighted by Crippen LogP contribution is 2.17. The molecular formula is C15H19NO4S. The van der Waals surface area contributed by atoms with Gasteiger partial charge in [0.15, 0.2) is 0 Å². The second-order valence-electron chi connectivity index (χ2n) is 5.00. The van der Waals surface area contributed by atoms with Crippen LogP contribution < -0.4 is 4.72 Å². The lowest BCUT2D eigenvalue weighted by Gasteiger charge is -2.11. The van der Waals surface area contributed by atoms with Crippen LogP contribution >= 0.6 is 0 Å². The van der Waals surface area contributed by atoms with Gasteiger partial charge < -0.3 is 9.52 Å². The third-order valence-electron chi connectivity index (χ3n) is 3.43. The third-order valence-corrected chi connectivity index (χ3v) is 4.89. The molecule has 0 aliphatic rings. The largest absolute Gasteiger partial charge is 0.472 e. The molecule has 6 heteroatoms. The number of nitrogens with one attached hydrogen (secondary N) is 1. The zero-order valence-electron chi connectivity index (χ0n) is 12.0. The summed E-state index contributed by atoms with van der Waals surface area (Å²) in [6.07, 6.45) is 2.45. The molecule has 0 fully saturated rings. The van der Waals surface area contributed by atoms with Crippen LogP contribution in [0.4, 0.5) is 0 Å². The predicted molar refractivity (Wildman–Crippen MR) is 79.4 cm³/mol. The van der Waals surface area contributed by atoms with Crippen molar-refractivity contribution in [2.24, 2.45) is 0 Å². The summed E-state index contributed by atoms with van der Waals surface area (Å²) in [5, 5.41) is 9.86. The first kappa shape index (κ1) is 15.8. The highest BCUT2D eigenvalue weighted by molar-refractivity contribution is 7.89. The van der Waals surface area contributed by atoms with Crippen LogP contribution in [0.3, 0.4) is 0 Å². The number of rotatable bonds is 6. The van der Waals surface area contributed by atoms with Crippen LogP contribution in [0.1, 0.15) is 29.2 Å². The minimum absolute atomic E-state index is 0.154. The van der Waals surface area contributed by atoms with Gasteiger partial charge in [0, 0.05) is 12.1 Å². The van der Waals surface area contributed by atoms with E-state index in [1.807, 2.05) is 13.8 Å². The van der Waals surface area contributed by atoms with Gasteiger partial charge in [-0.05, 0) is 49.6 Å². The summed E-state index contributed by atoms with van der Waals surface area (Å²) in [5.74, 6) is 0. The molecule has 0 saturated heterocycles. The first-order valence-corrected chi connectivity index (χ1v) is 8.15. The molecule has 0 bridgehead atoms. The van der Waals surface area contributed by atoms with Crippen molar-refractivity contribution in [1.82, 2.24) is 4.72 Å². The lowest BCUT2D eigenvalue weighted by Crippen LogP contribution is -2.26. The average Bonchev–Trinajstić information content (AvgIpc) is 2.95. The predicted octanol–water partition coefficient (Wildman–Crippen LogP) is 2.30. The first-order valence-electron chi connectivity index (χ1n) is 6.67. The summed E-state index contributed by atoms with van der Waals surface area (Å²) in [5.41, 5.74) is 2.61. The van der Waals surface area contributed by atoms with Crippen molar-refractivity contribution in [3.8, 4) is 0 Å². The molecule has 1 atom stereocenters. The van der Waals surface area contributed by atoms with E-state index in [9.17, 15) is 13.5 Å². The monoisotopic (exact) mass is 309 g/mol. The molecule has 1 unspecified atom stereocenters. The average molecular weight is 309 g/mol. The molecule has 0 aliphatic carbocycles. The Morgan fingerprint density at radius 3 is 2.62 bits per heavy atom. The van der Waals surface area contributed by atoms with E-state index in [-0.39, 0.29) is 17.9 Å². The molecule has 2 N–H and O–H groups in total. The van der Waals surface area contributed by atoms with Crippen molar-refractivity contribution in [1.29, 1.82) is 0 Å². The van der Waals surface area contributed by atoms with Crippen molar-refractivity contribution < 1.29 is 17.9 Å². The summed E-state index contributed by atoms with van der Waals surface area (Å²) < 4.78 is 31.7. The molecule has 1 heterocycles. The quantitative estimate of drug-likeness (QED) is 0.858. The number of sulfonamides is 1. The van der Waals surface area contributed by atoms with Gasteiger partial charge in [-0.15, -0.1) is 0 Å². The Morgan fingerprint density at radius 2 is 2.00 bits per heavy atom. The van der Waals surface area contributed by atoms with Gasteiger partial charge >= 0.3 is 0 Å². The van der Waals surface area contributed by atoms with Gasteiger partial charge in [-0.1, -0.05) is 6.07 Å². The van der Waals surface area contributed by atoms with E-state index in [0.29, 0.717) is 5.56 Å². The number of furan rings is 1. The number of benzene rings is 1. The zero-order chi connectivity index (χ0) is 15.5. The lowest BCUT2D eigenvalue weighted by molar-refractivity contribution is 0.168. The highest BCUT2D eigenvalue weighted by atomic mass is 32.2. The van der Waals surface area contributed by atoms with E-state index in [0.717, 1.165) is 11.1 Å². The molecule has 0 radical (unpaired) electrons. The molecule has 1 aromatic carbocycles. The molecule has 5 nitrogen and oxygen atoms in total. The van der Waals surface area contributed by atoms with Gasteiger partial charge in [-0.25, -0.2) is 13.1 Å². The van der Waals surface area contributed by atoms with Crippen LogP contribution in [0.2, 0.25) is 0 Å². The van der Waals surface area contributed by atoms with Crippen molar-refractivity contribution >= 4 is 10.0 Å². The van der Waals surface area contributed by atoms with Crippen LogP contribution in [0.25, 0.3) is 0 Å². The summed E-state index contributed by atoms with van der Waals surface area (Å²) in [4.78, 5) is 0.239. The van der Waals surface area contributed by atoms with E-state index in [4.69, 9.17) is 4.42 Å². The fraction of sp³-hybridized carbons (Fsp3) is 0.333. The molecule has 0 saturated carbocycles. The van der Waals surface area contributed by atoms with Crippen molar-refractivity contribution in [3.05, 3.63) is 53.5 Å². The van der Waals surface area contributed by atoms with Crippen molar-refractivity contribution in [2.75, 3.05) is 6.54 Å². The van der Waals surface area contributed by atoms with Gasteiger partial charge in [0.25, 0.3) is 0 Å². The van der Waals surface area contributed by atoms with E-state index < -0.39 is 16.1 Å². The SMILES string of the molecule is Cc1ccc(S(=O)(=O)NCCC(O)c2ccoc2)cc1C. The molecular weight excluding hydrogens is 290 g/mol. The van der Waals surface area contributed by atoms with Crippen LogP contribution in [-0.2, 0) is 10.0 Å². The zero-order valence-corrected chi connectivity index (χ0v) is 12.9. The fourth-order valence-electron chi connectivity index (χ4n) is 1.93. The Balaban J connectivity index is 1.96. The van der Waals surface area contributed by atoms with Gasteiger partial charge in [0.1, 0.15) is 0 Å². The topological polar surface area (TPSA) is 79.5 Å². The van der Waals surface area contributed by atoms with Crippen molar-refractivity contribution in [2.45, 2.75) is 31.3 Å². The Bertz CT molecular complexity index is 692. The summed E-state index contributed by atoms with van der Waals surface area (Å²) in [6.45, 7) is 3.96. The van der Waals surface area contributed by atoms with Gasteiger partial charge in [0.05, 0.1) is 23.5 Å². The molecule has 1 aromatic heterocycles. The maximum absolute atomic E-state index is 12.2. The standard InChI is InChI=1S/C15H19NO4S/c1-11-3-4-14(9-12(11)2)21(18,19)16-7-5-15(17)13-6-8-20-10-13/h3-4,6,8-10,15-17H,5,7H2,1-2H3. The molecule has 2 rings (SSSR count). The first-order chi connectivity index (χ1) is 9.90. The molecule has 0 amide bonds. The van der Waals surface area contributed by atoms with E-state index in [1.165, 1.54) is 12.5 Å². The maximum atomic E-state index is 12.2. The van der Waals surface area contributed by atoms with E-state index in [1.54, 1.807) is 24.3 Å². The molecule has 0 spiro atoms. The molecule has 2 aromatic rings. The van der Waals surface area contributed by atoms with E-state index >= 15 is 0 Å². The minimum Gasteiger partial charge on any atom is -0.472 e. The summed E-state index contributed by atoms with van der Waals surface area (Å²) in [7, 11) is -3.55. The van der Waals surface area contributed by atoms with Crippen LogP contribution in [0.15, 0.2) is 46.1 Å². The second kappa shape index (κ2) is 6.43. The number of aliphatic hydroxyl groups is 1. The number of hydrogen-bond donors (Lipinski definition) is 2. The minimum atomic E-state index is -3.55. The van der Waals surface area contributed by atoms with Gasteiger partial charge in [-0.3, -0.25) is 0 Å². The Kier molecular flexibility index (Phi) is 4.82. The third kappa shape index (κ3) is 3.93. The molecule has 21 heavy (non-hydrogen) atoms. The van der Waals surface area contributed by atoms with Crippen LogP contribution in [0.5, 0.6) is 0 Å². The van der Waals surface area contributed by atoms with Crippen LogP contribution in [0, 0.1) is 13.8 Å². The summed E-state index contributed by atoms with van der Waals surface area (Å²) in [6, 6.07) is 6.66. The molecule has 114 valence electrons. The number of aryl methyl sites for hydroxylation is 2. The van der Waals surface area contributed by atoms with Gasteiger partial charge in [0.2, 0.25) is 10.0 Å². The lowest BCUT2D eigenvalue weighted by atomic mass is 10.1. The molecule has 0 aliphatic heterocycles. The highest BCUT2D eigenvalue weighted by Gasteiger charge is 2.15. The Morgan fingerprint density at radius 1 is 1.24 bits per heavy atom. The maximum Gasteiger partial charge on any atom is 0.240 e. The van der Waals surface area contributed by atoms with E-state index in [2.05, 4.69) is 4.72 Å². The normalized spacial score (nSPS) is 13.3. The number of hydrogen-bond acceptors (Lipinski definition) is 4. The van der Waals surface area contributed by atoms with Crippen LogP contribution in [-0.4, -0.2) is 20.1 Å². The van der Waals surface area contributed by atoms with Crippen molar-refractivity contribution in [3.63, 3.8) is 0 Å². The Labute approximate surface area is 124 Å². The fourth-order valence-corrected chi connectivity index (χ4v) is 3.06. The Hall–Kier alpha value is -1.63. The number of aliphatic hydroxyl groups excluding tert-OH is 1. The second-order valence-corrected chi connectivity index (χ2v) is 6.77. The smallest absolute Gasteiger partial charge is 0.240 e. The van der Waals surface area contributed by atoms with Gasteiger partial charge in [-0.2, -0.15) is 0 Å². The summed E-state index contributed by atoms with van der Waals surface area (Å²) >= 11 is 0.